The Kier molecular flexibility index (Phi) is 10.8. The molecule has 3 aliphatic carbocycles. The van der Waals surface area contributed by atoms with E-state index in [4.69, 9.17) is 0 Å². The van der Waals surface area contributed by atoms with Crippen LogP contribution in [0.1, 0.15) is 20.3 Å². The van der Waals surface area contributed by atoms with Crippen molar-refractivity contribution in [3.05, 3.63) is 67.7 Å². The summed E-state index contributed by atoms with van der Waals surface area (Å²) in [6, 6.07) is 0. The third-order valence-corrected chi connectivity index (χ3v) is 8.76. The van der Waals surface area contributed by atoms with Gasteiger partial charge in [0, 0.05) is 0 Å². The summed E-state index contributed by atoms with van der Waals surface area (Å²) in [5.41, 5.74) is 7.77. The molecule has 0 spiro atoms. The number of allylic oxidation sites excluding steroid dienone is 12. The van der Waals surface area contributed by atoms with Crippen LogP contribution in [0.15, 0.2) is 67.7 Å². The Bertz CT molecular complexity index is 755. The molecule has 0 aromatic rings. The van der Waals surface area contributed by atoms with Crippen molar-refractivity contribution in [3.63, 3.8) is 0 Å². The summed E-state index contributed by atoms with van der Waals surface area (Å²) in [7, 11) is 7.09. The molecule has 3 aliphatic rings. The fraction of sp³-hybridized carbons (Fsp3) is 0.435. The zero-order chi connectivity index (χ0) is 20.6. The summed E-state index contributed by atoms with van der Waals surface area (Å²) in [6.45, 7) is 9.58. The Hall–Kier alpha value is -0.683. The SMILES string of the molecule is CC1=[C]([Hf])C2=CC=CC(=[Si](C)C)C(C)C2=C1C1=CC=CC1.CNC.CNC. The normalized spacial score (nSPS) is 20.3. The molecule has 145 valence electrons. The summed E-state index contributed by atoms with van der Waals surface area (Å²) in [5.74, 6) is 0.566. The fourth-order valence-corrected chi connectivity index (χ4v) is 6.29. The van der Waals surface area contributed by atoms with Crippen molar-refractivity contribution in [1.82, 2.24) is 10.6 Å². The van der Waals surface area contributed by atoms with Crippen LogP contribution in [0.5, 0.6) is 0 Å². The van der Waals surface area contributed by atoms with Crippen molar-refractivity contribution in [2.24, 2.45) is 5.92 Å². The molecule has 0 radical (unpaired) electrons. The molecule has 2 nitrogen and oxygen atoms in total. The predicted molar refractivity (Wildman–Crippen MR) is 120 cm³/mol. The molecule has 0 aromatic carbocycles. The van der Waals surface area contributed by atoms with Gasteiger partial charge in [0.15, 0.2) is 0 Å². The Morgan fingerprint density at radius 1 is 1.04 bits per heavy atom. The van der Waals surface area contributed by atoms with Gasteiger partial charge in [0.05, 0.1) is 0 Å². The van der Waals surface area contributed by atoms with E-state index >= 15 is 0 Å². The van der Waals surface area contributed by atoms with Crippen LogP contribution in [-0.4, -0.2) is 41.8 Å². The molecule has 0 fully saturated rings. The second-order valence-corrected chi connectivity index (χ2v) is 11.6. The van der Waals surface area contributed by atoms with E-state index in [1.165, 1.54) is 11.1 Å². The quantitative estimate of drug-likeness (QED) is 0.480. The van der Waals surface area contributed by atoms with Crippen molar-refractivity contribution in [2.45, 2.75) is 33.4 Å². The van der Waals surface area contributed by atoms with E-state index in [2.05, 4.69) is 74.0 Å². The van der Waals surface area contributed by atoms with Crippen LogP contribution >= 0.6 is 0 Å². The zero-order valence-corrected chi connectivity index (χ0v) is 22.8. The molecule has 27 heavy (non-hydrogen) atoms. The number of rotatable bonds is 1. The van der Waals surface area contributed by atoms with Gasteiger partial charge in [-0.25, -0.2) is 0 Å². The van der Waals surface area contributed by atoms with Gasteiger partial charge in [0.1, 0.15) is 0 Å². The number of nitrogens with one attached hydrogen (secondary N) is 2. The van der Waals surface area contributed by atoms with Gasteiger partial charge in [-0.05, 0) is 28.2 Å². The minimum Gasteiger partial charge on any atom is -0.323 e. The molecule has 4 heteroatoms. The molecule has 1 unspecified atom stereocenters. The monoisotopic (exact) mass is 547 g/mol. The molecule has 0 saturated carbocycles. The van der Waals surface area contributed by atoms with E-state index in [1.54, 1.807) is 25.2 Å². The van der Waals surface area contributed by atoms with Gasteiger partial charge in [-0.15, -0.1) is 0 Å². The van der Waals surface area contributed by atoms with E-state index in [0.29, 0.717) is 5.92 Å². The van der Waals surface area contributed by atoms with E-state index in [9.17, 15) is 0 Å². The van der Waals surface area contributed by atoms with Crippen molar-refractivity contribution in [1.29, 1.82) is 0 Å². The van der Waals surface area contributed by atoms with Gasteiger partial charge in [-0.3, -0.25) is 0 Å². The van der Waals surface area contributed by atoms with Crippen molar-refractivity contribution >= 4 is 13.6 Å². The first kappa shape index (κ1) is 24.4. The standard InChI is InChI=1S/C19H21Si.2C2H7N.Hf/c1-13-12-16-10-7-11-17(20(3)4)14(2)19(16)18(13)15-8-5-6-9-15;2*1-3-2;/h5-8,10-11,14H,9H2,1-4H3;2*3H,1-2H3;. The Labute approximate surface area is 183 Å². The van der Waals surface area contributed by atoms with E-state index < -0.39 is 8.41 Å². The van der Waals surface area contributed by atoms with Gasteiger partial charge in [-0.1, -0.05) is 0 Å². The maximum absolute atomic E-state index is 2.75. The second kappa shape index (κ2) is 12.0. The van der Waals surface area contributed by atoms with Crippen LogP contribution < -0.4 is 10.6 Å². The van der Waals surface area contributed by atoms with E-state index in [-0.39, 0.29) is 0 Å². The number of fused-ring (bicyclic) bond motifs is 1. The minimum atomic E-state index is -0.405. The van der Waals surface area contributed by atoms with E-state index in [0.717, 1.165) is 30.8 Å². The number of hydrogen-bond acceptors (Lipinski definition) is 2. The largest absolute Gasteiger partial charge is 0.323 e. The first-order valence-electron chi connectivity index (χ1n) is 9.62. The number of hydrogen-bond donors (Lipinski definition) is 2. The Morgan fingerprint density at radius 3 is 2.11 bits per heavy atom. The van der Waals surface area contributed by atoms with Crippen molar-refractivity contribution in [3.8, 4) is 0 Å². The smallest absolute Gasteiger partial charge is 0.0167 e. The molecule has 0 heterocycles. The summed E-state index contributed by atoms with van der Waals surface area (Å²) in [5, 5.41) is 7.16. The van der Waals surface area contributed by atoms with Crippen molar-refractivity contribution < 1.29 is 24.4 Å². The second-order valence-electron chi connectivity index (χ2n) is 7.23. The maximum atomic E-state index is 2.75. The first-order chi connectivity index (χ1) is 12.8. The molecule has 2 N–H and O–H groups in total. The molecule has 0 aromatic heterocycles. The Balaban J connectivity index is 0.000000540. The zero-order valence-electron chi connectivity index (χ0n) is 18.2. The average Bonchev–Trinajstić information content (AvgIpc) is 3.16. The molecule has 3 rings (SSSR count). The van der Waals surface area contributed by atoms with Crippen LogP contribution in [0, 0.1) is 5.92 Å². The summed E-state index contributed by atoms with van der Waals surface area (Å²) >= 11 is 1.13. The van der Waals surface area contributed by atoms with Gasteiger partial charge >= 0.3 is 145 Å². The molecule has 0 saturated heterocycles. The maximum Gasteiger partial charge on any atom is -0.0167 e. The van der Waals surface area contributed by atoms with Crippen LogP contribution in [0.25, 0.3) is 0 Å². The topological polar surface area (TPSA) is 24.1 Å². The summed E-state index contributed by atoms with van der Waals surface area (Å²) in [6.07, 6.45) is 15.0. The van der Waals surface area contributed by atoms with Gasteiger partial charge in [0.2, 0.25) is 0 Å². The Morgan fingerprint density at radius 2 is 1.63 bits per heavy atom. The molecule has 0 amide bonds. The van der Waals surface area contributed by atoms with Gasteiger partial charge in [-0.2, -0.15) is 0 Å². The van der Waals surface area contributed by atoms with Gasteiger partial charge < -0.3 is 10.6 Å². The minimum absolute atomic E-state index is 0.405. The molecular weight excluding hydrogens is 511 g/mol. The van der Waals surface area contributed by atoms with Crippen LogP contribution in [0.2, 0.25) is 13.1 Å². The average molecular weight is 546 g/mol. The third-order valence-electron chi connectivity index (χ3n) is 4.69. The van der Waals surface area contributed by atoms with Crippen LogP contribution in [0.3, 0.4) is 0 Å². The fourth-order valence-electron chi connectivity index (χ4n) is 3.62. The predicted octanol–water partition coefficient (Wildman–Crippen LogP) is 4.32. The molecular formula is C23H35HfN2Si. The van der Waals surface area contributed by atoms with Crippen LogP contribution in [0.4, 0.5) is 0 Å². The third kappa shape index (κ3) is 5.90. The first-order valence-corrected chi connectivity index (χ1v) is 13.9. The molecule has 0 aliphatic heterocycles. The van der Waals surface area contributed by atoms with E-state index in [1.807, 2.05) is 28.2 Å². The molecule has 0 bridgehead atoms. The summed E-state index contributed by atoms with van der Waals surface area (Å²) in [4.78, 5) is 0. The van der Waals surface area contributed by atoms with Gasteiger partial charge in [0.25, 0.3) is 0 Å². The van der Waals surface area contributed by atoms with Crippen molar-refractivity contribution in [2.75, 3.05) is 28.2 Å². The molecule has 1 atom stereocenters. The summed E-state index contributed by atoms with van der Waals surface area (Å²) < 4.78 is 1.60. The van der Waals surface area contributed by atoms with Crippen LogP contribution in [-0.2, 0) is 24.4 Å².